The van der Waals surface area contributed by atoms with Crippen LogP contribution in [0.2, 0.25) is 0 Å². The van der Waals surface area contributed by atoms with E-state index in [1.165, 1.54) is 17.8 Å². The van der Waals surface area contributed by atoms with Crippen molar-refractivity contribution in [3.8, 4) is 0 Å². The number of halogens is 1. The van der Waals surface area contributed by atoms with Crippen LogP contribution in [0, 0.1) is 11.7 Å². The second-order valence-electron chi connectivity index (χ2n) is 5.78. The Morgan fingerprint density at radius 2 is 1.87 bits per heavy atom. The number of para-hydroxylation sites is 1. The van der Waals surface area contributed by atoms with Gasteiger partial charge in [-0.05, 0) is 48.7 Å². The van der Waals surface area contributed by atoms with Gasteiger partial charge < -0.3 is 15.5 Å². The molecule has 2 aromatic carbocycles. The number of benzene rings is 2. The Kier molecular flexibility index (Phi) is 4.76. The topological polar surface area (TPSA) is 44.4 Å². The normalized spacial score (nSPS) is 17.1. The maximum absolute atomic E-state index is 12.8. The summed E-state index contributed by atoms with van der Waals surface area (Å²) in [5.74, 6) is 0.122. The first kappa shape index (κ1) is 15.3. The molecule has 1 aliphatic heterocycles. The molecule has 1 atom stereocenters. The molecule has 5 heteroatoms. The zero-order valence-electron chi connectivity index (χ0n) is 12.8. The molecule has 1 saturated heterocycles. The third-order valence-corrected chi connectivity index (χ3v) is 4.06. The van der Waals surface area contributed by atoms with Gasteiger partial charge in [-0.25, -0.2) is 9.18 Å². The summed E-state index contributed by atoms with van der Waals surface area (Å²) in [6.07, 6.45) is 1.06. The molecule has 0 spiro atoms. The highest BCUT2D eigenvalue weighted by molar-refractivity contribution is 5.89. The summed E-state index contributed by atoms with van der Waals surface area (Å²) >= 11 is 0. The SMILES string of the molecule is O=C(NCC1CCN(c2ccccc2)C1)Nc1ccc(F)cc1. The van der Waals surface area contributed by atoms with Gasteiger partial charge in [0.1, 0.15) is 5.82 Å². The highest BCUT2D eigenvalue weighted by Crippen LogP contribution is 2.22. The molecule has 120 valence electrons. The van der Waals surface area contributed by atoms with Gasteiger partial charge in [-0.1, -0.05) is 18.2 Å². The molecule has 1 heterocycles. The van der Waals surface area contributed by atoms with Crippen molar-refractivity contribution in [3.63, 3.8) is 0 Å². The third-order valence-electron chi connectivity index (χ3n) is 4.06. The van der Waals surface area contributed by atoms with Gasteiger partial charge in [0.2, 0.25) is 0 Å². The van der Waals surface area contributed by atoms with Crippen LogP contribution in [-0.4, -0.2) is 25.7 Å². The minimum Gasteiger partial charge on any atom is -0.371 e. The number of urea groups is 1. The van der Waals surface area contributed by atoms with E-state index in [4.69, 9.17) is 0 Å². The first-order valence-corrected chi connectivity index (χ1v) is 7.81. The van der Waals surface area contributed by atoms with Crippen molar-refractivity contribution in [3.05, 3.63) is 60.4 Å². The zero-order valence-corrected chi connectivity index (χ0v) is 12.8. The molecule has 1 unspecified atom stereocenters. The van der Waals surface area contributed by atoms with Crippen LogP contribution < -0.4 is 15.5 Å². The lowest BCUT2D eigenvalue weighted by molar-refractivity contribution is 0.250. The summed E-state index contributed by atoms with van der Waals surface area (Å²) in [6.45, 7) is 2.59. The van der Waals surface area contributed by atoms with Gasteiger partial charge in [0.05, 0.1) is 0 Å². The Hall–Kier alpha value is -2.56. The Bertz CT molecular complexity index is 645. The minimum atomic E-state index is -0.317. The molecule has 1 aliphatic rings. The van der Waals surface area contributed by atoms with E-state index >= 15 is 0 Å². The lowest BCUT2D eigenvalue weighted by Crippen LogP contribution is -2.34. The quantitative estimate of drug-likeness (QED) is 0.908. The van der Waals surface area contributed by atoms with E-state index in [1.807, 2.05) is 18.2 Å². The highest BCUT2D eigenvalue weighted by Gasteiger charge is 2.22. The monoisotopic (exact) mass is 313 g/mol. The van der Waals surface area contributed by atoms with Crippen LogP contribution >= 0.6 is 0 Å². The van der Waals surface area contributed by atoms with Gasteiger partial charge in [0.15, 0.2) is 0 Å². The van der Waals surface area contributed by atoms with Crippen molar-refractivity contribution in [2.24, 2.45) is 5.92 Å². The van der Waals surface area contributed by atoms with Crippen molar-refractivity contribution in [2.45, 2.75) is 6.42 Å². The standard InChI is InChI=1S/C18H20FN3O/c19-15-6-8-16(9-7-15)21-18(23)20-12-14-10-11-22(13-14)17-4-2-1-3-5-17/h1-9,14H,10-13H2,(H2,20,21,23). The third kappa shape index (κ3) is 4.22. The summed E-state index contributed by atoms with van der Waals surface area (Å²) in [6, 6.07) is 15.8. The second kappa shape index (κ2) is 7.13. The fraction of sp³-hybridized carbons (Fsp3) is 0.278. The van der Waals surface area contributed by atoms with Gasteiger partial charge >= 0.3 is 6.03 Å². The number of amides is 2. The number of carbonyl (C=O) groups is 1. The van der Waals surface area contributed by atoms with Crippen molar-refractivity contribution in [2.75, 3.05) is 29.9 Å². The Morgan fingerprint density at radius 3 is 2.61 bits per heavy atom. The largest absolute Gasteiger partial charge is 0.371 e. The van der Waals surface area contributed by atoms with E-state index in [-0.39, 0.29) is 11.8 Å². The molecule has 23 heavy (non-hydrogen) atoms. The Balaban J connectivity index is 1.44. The molecule has 0 saturated carbocycles. The zero-order chi connectivity index (χ0) is 16.1. The van der Waals surface area contributed by atoms with Crippen molar-refractivity contribution in [1.82, 2.24) is 5.32 Å². The minimum absolute atomic E-state index is 0.255. The predicted octanol–water partition coefficient (Wildman–Crippen LogP) is 3.47. The van der Waals surface area contributed by atoms with Gasteiger partial charge in [-0.15, -0.1) is 0 Å². The van der Waals surface area contributed by atoms with Crippen LogP contribution in [0.25, 0.3) is 0 Å². The van der Waals surface area contributed by atoms with Crippen LogP contribution in [-0.2, 0) is 0 Å². The molecular weight excluding hydrogens is 293 g/mol. The fourth-order valence-electron chi connectivity index (χ4n) is 2.82. The highest BCUT2D eigenvalue weighted by atomic mass is 19.1. The average molecular weight is 313 g/mol. The number of anilines is 2. The lowest BCUT2D eigenvalue weighted by atomic mass is 10.1. The number of nitrogens with one attached hydrogen (secondary N) is 2. The van der Waals surface area contributed by atoms with E-state index in [0.717, 1.165) is 19.5 Å². The first-order valence-electron chi connectivity index (χ1n) is 7.81. The molecule has 0 bridgehead atoms. The summed E-state index contributed by atoms with van der Waals surface area (Å²) in [7, 11) is 0. The Labute approximate surface area is 135 Å². The van der Waals surface area contributed by atoms with Crippen molar-refractivity contribution >= 4 is 17.4 Å². The van der Waals surface area contributed by atoms with E-state index in [0.29, 0.717) is 18.2 Å². The number of nitrogens with zero attached hydrogens (tertiary/aromatic N) is 1. The van der Waals surface area contributed by atoms with Gasteiger partial charge in [-0.2, -0.15) is 0 Å². The van der Waals surface area contributed by atoms with Gasteiger partial charge in [0.25, 0.3) is 0 Å². The number of hydrogen-bond donors (Lipinski definition) is 2. The summed E-state index contributed by atoms with van der Waals surface area (Å²) in [5, 5.41) is 5.59. The number of carbonyl (C=O) groups excluding carboxylic acids is 1. The fourth-order valence-corrected chi connectivity index (χ4v) is 2.82. The van der Waals surface area contributed by atoms with Crippen LogP contribution in [0.5, 0.6) is 0 Å². The lowest BCUT2D eigenvalue weighted by Gasteiger charge is -2.18. The molecule has 2 N–H and O–H groups in total. The van der Waals surface area contributed by atoms with Crippen LogP contribution in [0.4, 0.5) is 20.6 Å². The molecule has 2 aromatic rings. The molecule has 0 aliphatic carbocycles. The van der Waals surface area contributed by atoms with Crippen LogP contribution in [0.15, 0.2) is 54.6 Å². The maximum atomic E-state index is 12.8. The molecular formula is C18H20FN3O. The van der Waals surface area contributed by atoms with E-state index in [2.05, 4.69) is 27.7 Å². The number of hydrogen-bond acceptors (Lipinski definition) is 2. The number of rotatable bonds is 4. The smallest absolute Gasteiger partial charge is 0.319 e. The summed E-state index contributed by atoms with van der Waals surface area (Å²) in [5.41, 5.74) is 1.81. The van der Waals surface area contributed by atoms with Crippen molar-refractivity contribution < 1.29 is 9.18 Å². The summed E-state index contributed by atoms with van der Waals surface area (Å²) < 4.78 is 12.8. The second-order valence-corrected chi connectivity index (χ2v) is 5.78. The molecule has 1 fully saturated rings. The first-order chi connectivity index (χ1) is 11.2. The van der Waals surface area contributed by atoms with Crippen molar-refractivity contribution in [1.29, 1.82) is 0 Å². The molecule has 2 amide bonds. The van der Waals surface area contributed by atoms with Gasteiger partial charge in [-0.3, -0.25) is 0 Å². The molecule has 3 rings (SSSR count). The predicted molar refractivity (Wildman–Crippen MR) is 90.2 cm³/mol. The average Bonchev–Trinajstić information content (AvgIpc) is 3.05. The molecule has 0 radical (unpaired) electrons. The maximum Gasteiger partial charge on any atom is 0.319 e. The molecule has 4 nitrogen and oxygen atoms in total. The van der Waals surface area contributed by atoms with E-state index in [9.17, 15) is 9.18 Å². The summed E-state index contributed by atoms with van der Waals surface area (Å²) in [4.78, 5) is 14.2. The Morgan fingerprint density at radius 1 is 1.13 bits per heavy atom. The molecule has 0 aromatic heterocycles. The van der Waals surface area contributed by atoms with E-state index < -0.39 is 0 Å². The van der Waals surface area contributed by atoms with Gasteiger partial charge in [0, 0.05) is 31.0 Å². The van der Waals surface area contributed by atoms with E-state index in [1.54, 1.807) is 12.1 Å². The van der Waals surface area contributed by atoms with Crippen LogP contribution in [0.1, 0.15) is 6.42 Å². The van der Waals surface area contributed by atoms with Crippen LogP contribution in [0.3, 0.4) is 0 Å².